The van der Waals surface area contributed by atoms with E-state index >= 15 is 0 Å². The highest BCUT2D eigenvalue weighted by Crippen LogP contribution is 2.47. The Hall–Kier alpha value is -5.09. The van der Waals surface area contributed by atoms with E-state index in [9.17, 15) is 9.59 Å². The maximum Gasteiger partial charge on any atom is 0.411 e. The average Bonchev–Trinajstić information content (AvgIpc) is 3.34. The molecule has 4 aromatic carbocycles. The van der Waals surface area contributed by atoms with Crippen molar-refractivity contribution < 1.29 is 23.8 Å². The lowest BCUT2D eigenvalue weighted by Gasteiger charge is -2.36. The number of amides is 1. The van der Waals surface area contributed by atoms with Crippen molar-refractivity contribution in [3.63, 3.8) is 0 Å². The standard InChI is InChI=1S/C36H34N2O5/c1-36(2,3)43-34(39)32(21-24-17-19-27(20-18-24)42-23-26-15-13-25(22-37)14-16-26)38(35(40)41-4)33-30-11-7-5-9-28(30)29-10-6-8-12-31(29)33/h5-20,32-33H,21,23H2,1-4H3/t32-/m0/s1. The third-order valence-electron chi connectivity index (χ3n) is 7.32. The van der Waals surface area contributed by atoms with Crippen molar-refractivity contribution in [2.45, 2.75) is 51.5 Å². The molecule has 0 unspecified atom stereocenters. The Morgan fingerprint density at radius 1 is 0.837 bits per heavy atom. The smallest absolute Gasteiger partial charge is 0.411 e. The second kappa shape index (κ2) is 12.4. The quantitative estimate of drug-likeness (QED) is 0.206. The summed E-state index contributed by atoms with van der Waals surface area (Å²) in [5.74, 6) is 0.145. The number of benzene rings is 4. The predicted molar refractivity (Wildman–Crippen MR) is 163 cm³/mol. The van der Waals surface area contributed by atoms with Crippen molar-refractivity contribution in [2.75, 3.05) is 7.11 Å². The van der Waals surface area contributed by atoms with Gasteiger partial charge in [-0.1, -0.05) is 72.8 Å². The van der Waals surface area contributed by atoms with Gasteiger partial charge in [-0.3, -0.25) is 4.90 Å². The largest absolute Gasteiger partial charge is 0.489 e. The van der Waals surface area contributed by atoms with Gasteiger partial charge in [0.05, 0.1) is 24.8 Å². The zero-order valence-electron chi connectivity index (χ0n) is 24.7. The third-order valence-corrected chi connectivity index (χ3v) is 7.32. The highest BCUT2D eigenvalue weighted by Gasteiger charge is 2.43. The van der Waals surface area contributed by atoms with Crippen molar-refractivity contribution in [1.82, 2.24) is 4.90 Å². The van der Waals surface area contributed by atoms with Gasteiger partial charge < -0.3 is 14.2 Å². The van der Waals surface area contributed by atoms with Crippen LogP contribution in [0.25, 0.3) is 11.1 Å². The molecule has 0 bridgehead atoms. The molecule has 0 radical (unpaired) electrons. The monoisotopic (exact) mass is 574 g/mol. The molecule has 0 spiro atoms. The van der Waals surface area contributed by atoms with Gasteiger partial charge in [0.1, 0.15) is 24.0 Å². The zero-order valence-corrected chi connectivity index (χ0v) is 24.7. The highest BCUT2D eigenvalue weighted by molar-refractivity contribution is 5.86. The molecule has 0 saturated carbocycles. The fraction of sp³-hybridized carbons (Fsp3) is 0.250. The lowest BCUT2D eigenvalue weighted by Crippen LogP contribution is -2.50. The molecule has 0 aliphatic heterocycles. The van der Waals surface area contributed by atoms with Crippen molar-refractivity contribution in [3.8, 4) is 22.9 Å². The lowest BCUT2D eigenvalue weighted by atomic mass is 9.98. The van der Waals surface area contributed by atoms with Crippen LogP contribution in [-0.4, -0.2) is 35.7 Å². The zero-order chi connectivity index (χ0) is 30.6. The number of hydrogen-bond donors (Lipinski definition) is 0. The second-order valence-electron chi connectivity index (χ2n) is 11.4. The van der Waals surface area contributed by atoms with E-state index < -0.39 is 29.7 Å². The number of methoxy groups -OCH3 is 1. The van der Waals surface area contributed by atoms with E-state index in [1.807, 2.05) is 106 Å². The number of carbonyl (C=O) groups is 2. The Morgan fingerprint density at radius 3 is 1.93 bits per heavy atom. The average molecular weight is 575 g/mol. The number of fused-ring (bicyclic) bond motifs is 3. The van der Waals surface area contributed by atoms with Crippen LogP contribution in [0.15, 0.2) is 97.1 Å². The van der Waals surface area contributed by atoms with Crippen LogP contribution in [-0.2, 0) is 27.3 Å². The molecule has 1 aliphatic rings. The number of carbonyl (C=O) groups excluding carboxylic acids is 2. The number of nitriles is 1. The van der Waals surface area contributed by atoms with Crippen LogP contribution in [0.3, 0.4) is 0 Å². The van der Waals surface area contributed by atoms with Crippen LogP contribution in [0.5, 0.6) is 5.75 Å². The normalized spacial score (nSPS) is 12.8. The summed E-state index contributed by atoms with van der Waals surface area (Å²) in [5.41, 5.74) is 5.49. The Balaban J connectivity index is 1.46. The SMILES string of the molecule is COC(=O)N(C1c2ccccc2-c2ccccc21)[C@@H](Cc1ccc(OCc2ccc(C#N)cc2)cc1)C(=O)OC(C)(C)C. The lowest BCUT2D eigenvalue weighted by molar-refractivity contribution is -0.161. The maximum atomic E-state index is 13.9. The molecule has 0 heterocycles. The molecule has 4 aromatic rings. The van der Waals surface area contributed by atoms with E-state index in [0.717, 1.165) is 33.4 Å². The molecule has 43 heavy (non-hydrogen) atoms. The van der Waals surface area contributed by atoms with Gasteiger partial charge in [0.15, 0.2) is 0 Å². The van der Waals surface area contributed by atoms with Gasteiger partial charge in [-0.15, -0.1) is 0 Å². The van der Waals surface area contributed by atoms with Crippen LogP contribution in [0.1, 0.15) is 54.6 Å². The first-order valence-corrected chi connectivity index (χ1v) is 14.2. The van der Waals surface area contributed by atoms with Crippen LogP contribution in [0, 0.1) is 11.3 Å². The van der Waals surface area contributed by atoms with Crippen LogP contribution in [0.2, 0.25) is 0 Å². The second-order valence-corrected chi connectivity index (χ2v) is 11.4. The Kier molecular flexibility index (Phi) is 8.49. The van der Waals surface area contributed by atoms with E-state index in [1.165, 1.54) is 12.0 Å². The first kappa shape index (κ1) is 29.4. The number of esters is 1. The summed E-state index contributed by atoms with van der Waals surface area (Å²) in [7, 11) is 1.33. The van der Waals surface area contributed by atoms with Gasteiger partial charge >= 0.3 is 12.1 Å². The van der Waals surface area contributed by atoms with Gasteiger partial charge in [0.25, 0.3) is 0 Å². The van der Waals surface area contributed by atoms with Gasteiger partial charge in [0, 0.05) is 6.42 Å². The van der Waals surface area contributed by atoms with Crippen LogP contribution >= 0.6 is 0 Å². The summed E-state index contributed by atoms with van der Waals surface area (Å²) in [6.07, 6.45) is -0.407. The number of ether oxygens (including phenoxy) is 3. The van der Waals surface area contributed by atoms with E-state index in [1.54, 1.807) is 12.1 Å². The molecule has 0 aromatic heterocycles. The molecular formula is C36H34N2O5. The Bertz CT molecular complexity index is 1600. The van der Waals surface area contributed by atoms with Crippen molar-refractivity contribution in [3.05, 3.63) is 125 Å². The molecule has 1 aliphatic carbocycles. The summed E-state index contributed by atoms with van der Waals surface area (Å²) in [6, 6.07) is 31.1. The fourth-order valence-corrected chi connectivity index (χ4v) is 5.40. The van der Waals surface area contributed by atoms with E-state index in [0.29, 0.717) is 17.9 Å². The maximum absolute atomic E-state index is 13.9. The summed E-state index contributed by atoms with van der Waals surface area (Å²) in [5, 5.41) is 9.00. The fourth-order valence-electron chi connectivity index (χ4n) is 5.40. The molecule has 218 valence electrons. The van der Waals surface area contributed by atoms with Crippen molar-refractivity contribution in [2.24, 2.45) is 0 Å². The third kappa shape index (κ3) is 6.54. The molecule has 1 atom stereocenters. The molecule has 5 rings (SSSR count). The van der Waals surface area contributed by atoms with Crippen molar-refractivity contribution in [1.29, 1.82) is 5.26 Å². The van der Waals surface area contributed by atoms with E-state index in [-0.39, 0.29) is 6.42 Å². The van der Waals surface area contributed by atoms with E-state index in [4.69, 9.17) is 19.5 Å². The van der Waals surface area contributed by atoms with Crippen LogP contribution < -0.4 is 4.74 Å². The van der Waals surface area contributed by atoms with Crippen molar-refractivity contribution >= 4 is 12.1 Å². The topological polar surface area (TPSA) is 88.9 Å². The van der Waals surface area contributed by atoms with Gasteiger partial charge in [-0.2, -0.15) is 5.26 Å². The van der Waals surface area contributed by atoms with Gasteiger partial charge in [-0.25, -0.2) is 9.59 Å². The molecule has 0 N–H and O–H groups in total. The summed E-state index contributed by atoms with van der Waals surface area (Å²) >= 11 is 0. The molecular weight excluding hydrogens is 540 g/mol. The Morgan fingerprint density at radius 2 is 1.40 bits per heavy atom. The minimum atomic E-state index is -0.971. The molecule has 7 heteroatoms. The van der Waals surface area contributed by atoms with Gasteiger partial charge in [0.2, 0.25) is 0 Å². The first-order valence-electron chi connectivity index (χ1n) is 14.2. The summed E-state index contributed by atoms with van der Waals surface area (Å²) in [6.45, 7) is 5.78. The summed E-state index contributed by atoms with van der Waals surface area (Å²) < 4.78 is 17.1. The number of rotatable bonds is 8. The molecule has 1 amide bonds. The summed E-state index contributed by atoms with van der Waals surface area (Å²) in [4.78, 5) is 29.0. The molecule has 7 nitrogen and oxygen atoms in total. The molecule has 0 fully saturated rings. The first-order chi connectivity index (χ1) is 20.7. The van der Waals surface area contributed by atoms with Gasteiger partial charge in [-0.05, 0) is 78.4 Å². The number of nitrogens with zero attached hydrogens (tertiary/aromatic N) is 2. The van der Waals surface area contributed by atoms with Crippen LogP contribution in [0.4, 0.5) is 4.79 Å². The van der Waals surface area contributed by atoms with E-state index in [2.05, 4.69) is 6.07 Å². The molecule has 0 saturated heterocycles. The highest BCUT2D eigenvalue weighted by atomic mass is 16.6. The Labute approximate surface area is 252 Å². The minimum absolute atomic E-state index is 0.209. The predicted octanol–water partition coefficient (Wildman–Crippen LogP) is 7.23. The number of hydrogen-bond acceptors (Lipinski definition) is 6. The minimum Gasteiger partial charge on any atom is -0.489 e.